The zero-order valence-corrected chi connectivity index (χ0v) is 16.8. The second-order valence-electron chi connectivity index (χ2n) is 5.85. The Morgan fingerprint density at radius 3 is 2.45 bits per heavy atom. The molecule has 0 unspecified atom stereocenters. The van der Waals surface area contributed by atoms with Crippen LogP contribution in [-0.4, -0.2) is 37.1 Å². The van der Waals surface area contributed by atoms with Gasteiger partial charge in [0.05, 0.1) is 30.0 Å². The van der Waals surface area contributed by atoms with Crippen LogP contribution in [0.15, 0.2) is 36.4 Å². The fourth-order valence-corrected chi connectivity index (χ4v) is 2.86. The number of anilines is 2. The molecule has 2 N–H and O–H groups in total. The second kappa shape index (κ2) is 9.24. The molecule has 8 nitrogen and oxygen atoms in total. The van der Waals surface area contributed by atoms with Crippen molar-refractivity contribution in [1.82, 2.24) is 0 Å². The number of ether oxygens (including phenoxy) is 4. The van der Waals surface area contributed by atoms with Crippen molar-refractivity contribution >= 4 is 40.6 Å². The van der Waals surface area contributed by atoms with E-state index in [-0.39, 0.29) is 36.2 Å². The molecular formula is C20H20N2O6S. The summed E-state index contributed by atoms with van der Waals surface area (Å²) < 4.78 is 20.7. The zero-order chi connectivity index (χ0) is 20.8. The molecule has 0 amide bonds. The molecule has 0 aliphatic carbocycles. The van der Waals surface area contributed by atoms with E-state index in [1.165, 1.54) is 18.2 Å². The third-order valence-corrected chi connectivity index (χ3v) is 4.11. The standard InChI is InChI=1S/C20H20N2O6S/c1-3-25-18(23)12-5-7-14(19(24)26-4-2)15(9-12)22-20(29)21-13-6-8-16-17(10-13)28-11-27-16/h5-10H,3-4,11H2,1-2H3,(H2,21,22,29). The van der Waals surface area contributed by atoms with Gasteiger partial charge in [0, 0.05) is 11.8 Å². The smallest absolute Gasteiger partial charge is 0.340 e. The van der Waals surface area contributed by atoms with Gasteiger partial charge in [0.2, 0.25) is 6.79 Å². The van der Waals surface area contributed by atoms with E-state index in [1.54, 1.807) is 32.0 Å². The lowest BCUT2D eigenvalue weighted by Crippen LogP contribution is -2.21. The van der Waals surface area contributed by atoms with Gasteiger partial charge in [-0.05, 0) is 56.4 Å². The summed E-state index contributed by atoms with van der Waals surface area (Å²) in [5, 5.41) is 6.17. The molecule has 9 heteroatoms. The Morgan fingerprint density at radius 1 is 0.966 bits per heavy atom. The highest BCUT2D eigenvalue weighted by Gasteiger charge is 2.18. The van der Waals surface area contributed by atoms with Crippen molar-refractivity contribution in [3.8, 4) is 11.5 Å². The number of benzene rings is 2. The maximum absolute atomic E-state index is 12.3. The average molecular weight is 416 g/mol. The van der Waals surface area contributed by atoms with Crippen LogP contribution < -0.4 is 20.1 Å². The monoisotopic (exact) mass is 416 g/mol. The van der Waals surface area contributed by atoms with Crippen LogP contribution in [0.1, 0.15) is 34.6 Å². The Bertz CT molecular complexity index is 947. The van der Waals surface area contributed by atoms with Gasteiger partial charge in [-0.1, -0.05) is 0 Å². The third-order valence-electron chi connectivity index (χ3n) is 3.90. The molecule has 1 heterocycles. The van der Waals surface area contributed by atoms with Gasteiger partial charge in [-0.15, -0.1) is 0 Å². The molecule has 1 aliphatic heterocycles. The first-order valence-corrected chi connectivity index (χ1v) is 9.38. The largest absolute Gasteiger partial charge is 0.462 e. The van der Waals surface area contributed by atoms with E-state index >= 15 is 0 Å². The summed E-state index contributed by atoms with van der Waals surface area (Å²) in [6.45, 7) is 4.06. The van der Waals surface area contributed by atoms with E-state index in [0.29, 0.717) is 22.9 Å². The molecule has 0 spiro atoms. The lowest BCUT2D eigenvalue weighted by Gasteiger charge is -2.15. The van der Waals surface area contributed by atoms with Gasteiger partial charge < -0.3 is 29.6 Å². The number of esters is 2. The predicted molar refractivity (Wildman–Crippen MR) is 111 cm³/mol. The third kappa shape index (κ3) is 4.94. The van der Waals surface area contributed by atoms with E-state index < -0.39 is 11.9 Å². The SMILES string of the molecule is CCOC(=O)c1ccc(C(=O)OCC)c(NC(=S)Nc2ccc3c(c2)OCO3)c1. The summed E-state index contributed by atoms with van der Waals surface area (Å²) in [6, 6.07) is 9.79. The molecule has 0 saturated heterocycles. The van der Waals surface area contributed by atoms with Gasteiger partial charge in [0.25, 0.3) is 0 Å². The summed E-state index contributed by atoms with van der Waals surface area (Å²) in [5.74, 6) is 0.229. The number of hydrogen-bond acceptors (Lipinski definition) is 7. The minimum absolute atomic E-state index is 0.172. The Labute approximate surface area is 173 Å². The lowest BCUT2D eigenvalue weighted by molar-refractivity contribution is 0.0512. The van der Waals surface area contributed by atoms with Crippen LogP contribution in [0.2, 0.25) is 0 Å². The first-order chi connectivity index (χ1) is 14.0. The fourth-order valence-electron chi connectivity index (χ4n) is 2.63. The number of thiocarbonyl (C=S) groups is 1. The van der Waals surface area contributed by atoms with Crippen LogP contribution in [0, 0.1) is 0 Å². The summed E-state index contributed by atoms with van der Waals surface area (Å²) >= 11 is 5.35. The molecule has 0 atom stereocenters. The highest BCUT2D eigenvalue weighted by atomic mass is 32.1. The topological polar surface area (TPSA) is 95.1 Å². The van der Waals surface area contributed by atoms with E-state index in [9.17, 15) is 9.59 Å². The minimum Gasteiger partial charge on any atom is -0.462 e. The van der Waals surface area contributed by atoms with Crippen molar-refractivity contribution in [3.05, 3.63) is 47.5 Å². The Morgan fingerprint density at radius 2 is 1.69 bits per heavy atom. The van der Waals surface area contributed by atoms with Crippen LogP contribution in [0.25, 0.3) is 0 Å². The van der Waals surface area contributed by atoms with Crippen molar-refractivity contribution in [2.75, 3.05) is 30.6 Å². The number of hydrogen-bond donors (Lipinski definition) is 2. The molecule has 3 rings (SSSR count). The van der Waals surface area contributed by atoms with Gasteiger partial charge in [-0.2, -0.15) is 0 Å². The Balaban J connectivity index is 1.80. The van der Waals surface area contributed by atoms with Crippen LogP contribution in [0.4, 0.5) is 11.4 Å². The normalized spacial score (nSPS) is 11.5. The van der Waals surface area contributed by atoms with E-state index in [1.807, 2.05) is 0 Å². The van der Waals surface area contributed by atoms with Crippen molar-refractivity contribution in [2.45, 2.75) is 13.8 Å². The van der Waals surface area contributed by atoms with E-state index in [2.05, 4.69) is 10.6 Å². The molecule has 2 aromatic carbocycles. The maximum atomic E-state index is 12.3. The van der Waals surface area contributed by atoms with Crippen molar-refractivity contribution in [2.24, 2.45) is 0 Å². The number of nitrogens with one attached hydrogen (secondary N) is 2. The summed E-state index contributed by atoms with van der Waals surface area (Å²) in [4.78, 5) is 24.3. The molecule has 0 radical (unpaired) electrons. The highest BCUT2D eigenvalue weighted by molar-refractivity contribution is 7.80. The fraction of sp³-hybridized carbons (Fsp3) is 0.250. The number of fused-ring (bicyclic) bond motifs is 1. The van der Waals surface area contributed by atoms with Crippen LogP contribution in [0.3, 0.4) is 0 Å². The Hall–Kier alpha value is -3.33. The van der Waals surface area contributed by atoms with Crippen LogP contribution in [0.5, 0.6) is 11.5 Å². The van der Waals surface area contributed by atoms with Gasteiger partial charge in [-0.3, -0.25) is 0 Å². The lowest BCUT2D eigenvalue weighted by atomic mass is 10.1. The molecule has 2 aromatic rings. The van der Waals surface area contributed by atoms with Crippen molar-refractivity contribution < 1.29 is 28.5 Å². The second-order valence-corrected chi connectivity index (χ2v) is 6.26. The molecule has 0 saturated carbocycles. The predicted octanol–water partition coefficient (Wildman–Crippen LogP) is 3.58. The molecule has 0 aromatic heterocycles. The number of carbonyl (C=O) groups excluding carboxylic acids is 2. The maximum Gasteiger partial charge on any atom is 0.340 e. The quantitative estimate of drug-likeness (QED) is 0.541. The molecule has 29 heavy (non-hydrogen) atoms. The van der Waals surface area contributed by atoms with Crippen LogP contribution >= 0.6 is 12.2 Å². The van der Waals surface area contributed by atoms with Crippen molar-refractivity contribution in [3.63, 3.8) is 0 Å². The van der Waals surface area contributed by atoms with Crippen LogP contribution in [-0.2, 0) is 9.47 Å². The molecule has 0 fully saturated rings. The van der Waals surface area contributed by atoms with E-state index in [4.69, 9.17) is 31.2 Å². The molecule has 0 bridgehead atoms. The van der Waals surface area contributed by atoms with Gasteiger partial charge in [-0.25, -0.2) is 9.59 Å². The molecular weight excluding hydrogens is 396 g/mol. The first-order valence-electron chi connectivity index (χ1n) is 8.97. The molecule has 152 valence electrons. The van der Waals surface area contributed by atoms with Crippen molar-refractivity contribution in [1.29, 1.82) is 0 Å². The number of rotatable bonds is 6. The summed E-state index contributed by atoms with van der Waals surface area (Å²) in [6.07, 6.45) is 0. The highest BCUT2D eigenvalue weighted by Crippen LogP contribution is 2.34. The average Bonchev–Trinajstić information content (AvgIpc) is 3.16. The summed E-state index contributed by atoms with van der Waals surface area (Å²) in [7, 11) is 0. The zero-order valence-electron chi connectivity index (χ0n) is 15.9. The van der Waals surface area contributed by atoms with Gasteiger partial charge in [0.15, 0.2) is 16.6 Å². The van der Waals surface area contributed by atoms with Gasteiger partial charge in [0.1, 0.15) is 0 Å². The minimum atomic E-state index is -0.531. The number of carbonyl (C=O) groups is 2. The van der Waals surface area contributed by atoms with E-state index in [0.717, 1.165) is 0 Å². The Kier molecular flexibility index (Phi) is 6.50. The van der Waals surface area contributed by atoms with Gasteiger partial charge >= 0.3 is 11.9 Å². The molecule has 1 aliphatic rings. The first kappa shape index (κ1) is 20.4. The summed E-state index contributed by atoms with van der Waals surface area (Å²) in [5.41, 5.74) is 1.53.